The zero-order valence-electron chi connectivity index (χ0n) is 13.4. The molecule has 1 atom stereocenters. The summed E-state index contributed by atoms with van der Waals surface area (Å²) in [6.07, 6.45) is -3.09. The molecule has 0 aromatic heterocycles. The minimum absolute atomic E-state index is 0. The molecule has 1 unspecified atom stereocenters. The molecule has 1 aromatic rings. The van der Waals surface area contributed by atoms with Crippen molar-refractivity contribution in [1.29, 1.82) is 0 Å². The first-order valence-corrected chi connectivity index (χ1v) is 7.86. The van der Waals surface area contributed by atoms with Gasteiger partial charge in [-0.2, -0.15) is 13.2 Å². The third-order valence-electron chi connectivity index (χ3n) is 4.67. The Morgan fingerprint density at radius 3 is 2.29 bits per heavy atom. The number of hydrogen-bond acceptors (Lipinski definition) is 3. The lowest BCUT2D eigenvalue weighted by molar-refractivity contribution is -0.138. The maximum atomic E-state index is 13.0. The van der Waals surface area contributed by atoms with Gasteiger partial charge in [0.1, 0.15) is 0 Å². The summed E-state index contributed by atoms with van der Waals surface area (Å²) in [6.45, 7) is 6.06. The van der Waals surface area contributed by atoms with Gasteiger partial charge < -0.3 is 5.32 Å². The Morgan fingerprint density at radius 1 is 1.04 bits per heavy atom. The Bertz CT molecular complexity index is 500. The molecule has 1 aromatic carbocycles. The third kappa shape index (κ3) is 5.23. The first-order chi connectivity index (χ1) is 10.5. The molecule has 2 aliphatic heterocycles. The van der Waals surface area contributed by atoms with Crippen LogP contribution in [-0.4, -0.2) is 55.1 Å². The summed E-state index contributed by atoms with van der Waals surface area (Å²) < 4.78 is 39.1. The Balaban J connectivity index is 0.00000144. The van der Waals surface area contributed by atoms with Crippen molar-refractivity contribution in [2.45, 2.75) is 25.2 Å². The van der Waals surface area contributed by atoms with E-state index in [1.54, 1.807) is 12.1 Å². The van der Waals surface area contributed by atoms with E-state index in [0.29, 0.717) is 18.2 Å². The summed E-state index contributed by atoms with van der Waals surface area (Å²) >= 11 is 0. The molecule has 2 saturated heterocycles. The maximum Gasteiger partial charge on any atom is 0.416 e. The zero-order chi connectivity index (χ0) is 15.6. The molecule has 0 amide bonds. The van der Waals surface area contributed by atoms with E-state index in [0.717, 1.165) is 39.3 Å². The monoisotopic (exact) mass is 385 g/mol. The number of benzene rings is 1. The quantitative estimate of drug-likeness (QED) is 0.862. The van der Waals surface area contributed by atoms with Crippen LogP contribution in [0.3, 0.4) is 0 Å². The molecule has 3 nitrogen and oxygen atoms in total. The van der Waals surface area contributed by atoms with Gasteiger partial charge in [-0.3, -0.25) is 9.80 Å². The molecule has 0 radical (unpaired) electrons. The fourth-order valence-corrected chi connectivity index (χ4v) is 3.41. The number of alkyl halides is 3. The van der Waals surface area contributed by atoms with Gasteiger partial charge in [0.2, 0.25) is 0 Å². The van der Waals surface area contributed by atoms with E-state index in [2.05, 4.69) is 15.1 Å². The summed E-state index contributed by atoms with van der Waals surface area (Å²) in [6, 6.07) is 6.51. The van der Waals surface area contributed by atoms with Crippen molar-refractivity contribution < 1.29 is 13.2 Å². The molecule has 2 fully saturated rings. The van der Waals surface area contributed by atoms with Gasteiger partial charge in [-0.05, 0) is 24.6 Å². The Hall–Kier alpha value is -0.530. The fourth-order valence-electron chi connectivity index (χ4n) is 3.41. The van der Waals surface area contributed by atoms with Gasteiger partial charge in [0.15, 0.2) is 0 Å². The van der Waals surface area contributed by atoms with Crippen LogP contribution in [0.25, 0.3) is 0 Å². The highest BCUT2D eigenvalue weighted by molar-refractivity contribution is 5.85. The van der Waals surface area contributed by atoms with Gasteiger partial charge in [-0.25, -0.2) is 0 Å². The SMILES string of the molecule is Cl.Cl.FC(F)(F)c1ccccc1CN1CCN(C2CCNC2)CC1. The van der Waals surface area contributed by atoms with Gasteiger partial charge in [0.05, 0.1) is 5.56 Å². The first-order valence-electron chi connectivity index (χ1n) is 7.86. The highest BCUT2D eigenvalue weighted by Crippen LogP contribution is 2.32. The van der Waals surface area contributed by atoms with Crippen LogP contribution in [0.1, 0.15) is 17.5 Å². The number of nitrogens with zero attached hydrogens (tertiary/aromatic N) is 2. The average molecular weight is 386 g/mol. The summed E-state index contributed by atoms with van der Waals surface area (Å²) in [7, 11) is 0. The molecule has 2 heterocycles. The molecular weight excluding hydrogens is 362 g/mol. The molecule has 24 heavy (non-hydrogen) atoms. The van der Waals surface area contributed by atoms with Crippen molar-refractivity contribution in [2.75, 3.05) is 39.3 Å². The van der Waals surface area contributed by atoms with Crippen LogP contribution in [0.2, 0.25) is 0 Å². The molecule has 138 valence electrons. The van der Waals surface area contributed by atoms with Crippen LogP contribution < -0.4 is 5.32 Å². The fraction of sp³-hybridized carbons (Fsp3) is 0.625. The Kier molecular flexibility index (Phi) is 8.29. The van der Waals surface area contributed by atoms with Crippen molar-refractivity contribution in [3.8, 4) is 0 Å². The molecule has 3 rings (SSSR count). The Labute approximate surface area is 153 Å². The lowest BCUT2D eigenvalue weighted by Crippen LogP contribution is -2.50. The smallest absolute Gasteiger partial charge is 0.315 e. The topological polar surface area (TPSA) is 18.5 Å². The van der Waals surface area contributed by atoms with Crippen LogP contribution in [0.5, 0.6) is 0 Å². The van der Waals surface area contributed by atoms with Crippen molar-refractivity contribution in [3.63, 3.8) is 0 Å². The summed E-state index contributed by atoms with van der Waals surface area (Å²) in [5.74, 6) is 0. The minimum Gasteiger partial charge on any atom is -0.315 e. The number of rotatable bonds is 3. The van der Waals surface area contributed by atoms with E-state index >= 15 is 0 Å². The van der Waals surface area contributed by atoms with Crippen molar-refractivity contribution in [2.24, 2.45) is 0 Å². The normalized spacial score (nSPS) is 22.7. The summed E-state index contributed by atoms with van der Waals surface area (Å²) in [5, 5.41) is 3.36. The summed E-state index contributed by atoms with van der Waals surface area (Å²) in [5.41, 5.74) is -0.122. The molecule has 8 heteroatoms. The summed E-state index contributed by atoms with van der Waals surface area (Å²) in [4.78, 5) is 4.59. The van der Waals surface area contributed by atoms with Gasteiger partial charge in [-0.1, -0.05) is 18.2 Å². The Morgan fingerprint density at radius 2 is 1.71 bits per heavy atom. The first kappa shape index (κ1) is 21.5. The van der Waals surface area contributed by atoms with E-state index in [9.17, 15) is 13.2 Å². The highest BCUT2D eigenvalue weighted by atomic mass is 35.5. The van der Waals surface area contributed by atoms with E-state index in [1.165, 1.54) is 18.6 Å². The zero-order valence-corrected chi connectivity index (χ0v) is 15.0. The number of nitrogens with one attached hydrogen (secondary N) is 1. The van der Waals surface area contributed by atoms with E-state index < -0.39 is 11.7 Å². The second kappa shape index (κ2) is 9.25. The molecule has 2 aliphatic rings. The predicted molar refractivity (Wildman–Crippen MR) is 94.1 cm³/mol. The molecule has 0 bridgehead atoms. The predicted octanol–water partition coefficient (Wildman–Crippen LogP) is 3.03. The van der Waals surface area contributed by atoms with Crippen LogP contribution >= 0.6 is 24.8 Å². The molecule has 0 saturated carbocycles. The second-order valence-electron chi connectivity index (χ2n) is 6.11. The third-order valence-corrected chi connectivity index (χ3v) is 4.67. The molecule has 0 spiro atoms. The van der Waals surface area contributed by atoms with Crippen LogP contribution in [0, 0.1) is 0 Å². The van der Waals surface area contributed by atoms with Gasteiger partial charge in [0.25, 0.3) is 0 Å². The van der Waals surface area contributed by atoms with Crippen LogP contribution in [0.15, 0.2) is 24.3 Å². The number of halogens is 5. The minimum atomic E-state index is -4.27. The largest absolute Gasteiger partial charge is 0.416 e. The van der Waals surface area contributed by atoms with E-state index in [4.69, 9.17) is 0 Å². The number of hydrogen-bond donors (Lipinski definition) is 1. The van der Waals surface area contributed by atoms with Gasteiger partial charge >= 0.3 is 6.18 Å². The van der Waals surface area contributed by atoms with Crippen molar-refractivity contribution >= 4 is 24.8 Å². The average Bonchev–Trinajstić information content (AvgIpc) is 3.02. The molecule has 1 N–H and O–H groups in total. The highest BCUT2D eigenvalue weighted by Gasteiger charge is 2.33. The van der Waals surface area contributed by atoms with Crippen molar-refractivity contribution in [1.82, 2.24) is 15.1 Å². The second-order valence-corrected chi connectivity index (χ2v) is 6.11. The van der Waals surface area contributed by atoms with Gasteiger partial charge in [0, 0.05) is 45.3 Å². The lowest BCUT2D eigenvalue weighted by Gasteiger charge is -2.38. The standard InChI is InChI=1S/C16H22F3N3.2ClH/c17-16(18,19)15-4-2-1-3-13(15)12-21-7-9-22(10-8-21)14-5-6-20-11-14;;/h1-4,14,20H,5-12H2;2*1H. The van der Waals surface area contributed by atoms with Crippen molar-refractivity contribution in [3.05, 3.63) is 35.4 Å². The van der Waals surface area contributed by atoms with E-state index in [1.807, 2.05) is 0 Å². The molecule has 0 aliphatic carbocycles. The van der Waals surface area contributed by atoms with E-state index in [-0.39, 0.29) is 24.8 Å². The van der Waals surface area contributed by atoms with Crippen LogP contribution in [-0.2, 0) is 12.7 Å². The van der Waals surface area contributed by atoms with Crippen LogP contribution in [0.4, 0.5) is 13.2 Å². The lowest BCUT2D eigenvalue weighted by atomic mass is 10.1. The molecular formula is C16H24Cl2F3N3. The number of piperazine rings is 1. The van der Waals surface area contributed by atoms with Gasteiger partial charge in [-0.15, -0.1) is 24.8 Å². The maximum absolute atomic E-state index is 13.0.